The molecule has 0 spiro atoms. The fraction of sp³-hybridized carbons (Fsp3) is 0.231. The monoisotopic (exact) mass is 251 g/mol. The summed E-state index contributed by atoms with van der Waals surface area (Å²) in [6.07, 6.45) is 2.35. The highest BCUT2D eigenvalue weighted by Crippen LogP contribution is 2.27. The van der Waals surface area contributed by atoms with Gasteiger partial charge in [0.25, 0.3) is 0 Å². The molecule has 90 valence electrons. The fourth-order valence-electron chi connectivity index (χ4n) is 1.58. The van der Waals surface area contributed by atoms with Gasteiger partial charge in [0.2, 0.25) is 0 Å². The molecule has 2 nitrogen and oxygen atoms in total. The van der Waals surface area contributed by atoms with Crippen molar-refractivity contribution in [3.8, 4) is 0 Å². The zero-order chi connectivity index (χ0) is 12.1. The van der Waals surface area contributed by atoms with Crippen LogP contribution in [0.25, 0.3) is 0 Å². The molecule has 0 aliphatic heterocycles. The highest BCUT2D eigenvalue weighted by molar-refractivity contribution is 7.98. The van der Waals surface area contributed by atoms with E-state index in [1.165, 1.54) is 6.07 Å². The zero-order valence-electron chi connectivity index (χ0n) is 9.36. The van der Waals surface area contributed by atoms with Crippen molar-refractivity contribution in [1.82, 2.24) is 0 Å². The minimum Gasteiger partial charge on any atom is -0.468 e. The highest BCUT2D eigenvalue weighted by atomic mass is 32.2. The largest absolute Gasteiger partial charge is 0.468 e. The van der Waals surface area contributed by atoms with Gasteiger partial charge in [-0.2, -0.15) is 0 Å². The molecule has 4 heteroatoms. The van der Waals surface area contributed by atoms with Crippen molar-refractivity contribution in [1.29, 1.82) is 0 Å². The van der Waals surface area contributed by atoms with Gasteiger partial charge in [0, 0.05) is 4.90 Å². The second-order valence-electron chi connectivity index (χ2n) is 3.66. The smallest absolute Gasteiger partial charge is 0.123 e. The molecule has 1 heterocycles. The van der Waals surface area contributed by atoms with Crippen LogP contribution in [0.3, 0.4) is 0 Å². The van der Waals surface area contributed by atoms with Gasteiger partial charge in [0.1, 0.15) is 11.6 Å². The number of benzene rings is 1. The number of halogens is 1. The van der Waals surface area contributed by atoms with Crippen LogP contribution < -0.4 is 5.73 Å². The lowest BCUT2D eigenvalue weighted by Crippen LogP contribution is -2.04. The zero-order valence-corrected chi connectivity index (χ0v) is 10.2. The summed E-state index contributed by atoms with van der Waals surface area (Å²) in [5.74, 6) is 1.45. The summed E-state index contributed by atoms with van der Waals surface area (Å²) in [6, 6.07) is 8.62. The standard InChI is InChI=1S/C13H14FNOS/c14-11-3-4-13(10(8-11)5-6-15)17-9-12-2-1-7-16-12/h1-4,7-8H,5-6,9,15H2. The van der Waals surface area contributed by atoms with Gasteiger partial charge in [-0.1, -0.05) is 0 Å². The predicted octanol–water partition coefficient (Wildman–Crippen LogP) is 3.21. The van der Waals surface area contributed by atoms with Crippen molar-refractivity contribution < 1.29 is 8.81 Å². The third kappa shape index (κ3) is 3.35. The number of rotatable bonds is 5. The van der Waals surface area contributed by atoms with E-state index in [0.717, 1.165) is 22.0 Å². The summed E-state index contributed by atoms with van der Waals surface area (Å²) in [6.45, 7) is 0.526. The van der Waals surface area contributed by atoms with E-state index in [4.69, 9.17) is 10.2 Å². The molecule has 0 aliphatic rings. The third-order valence-corrected chi connectivity index (χ3v) is 3.52. The van der Waals surface area contributed by atoms with Crippen molar-refractivity contribution in [2.45, 2.75) is 17.1 Å². The Hall–Kier alpha value is -1.26. The van der Waals surface area contributed by atoms with Crippen LogP contribution in [0.2, 0.25) is 0 Å². The highest BCUT2D eigenvalue weighted by Gasteiger charge is 2.05. The summed E-state index contributed by atoms with van der Waals surface area (Å²) >= 11 is 1.64. The van der Waals surface area contributed by atoms with Gasteiger partial charge >= 0.3 is 0 Å². The molecular weight excluding hydrogens is 237 g/mol. The van der Waals surface area contributed by atoms with Gasteiger partial charge in [-0.3, -0.25) is 0 Å². The topological polar surface area (TPSA) is 39.2 Å². The van der Waals surface area contributed by atoms with E-state index >= 15 is 0 Å². The van der Waals surface area contributed by atoms with E-state index in [9.17, 15) is 4.39 Å². The molecule has 0 fully saturated rings. The predicted molar refractivity (Wildman–Crippen MR) is 67.4 cm³/mol. The molecule has 2 aromatic rings. The van der Waals surface area contributed by atoms with E-state index in [1.54, 1.807) is 30.2 Å². The molecule has 1 aromatic heterocycles. The van der Waals surface area contributed by atoms with E-state index in [2.05, 4.69) is 0 Å². The van der Waals surface area contributed by atoms with Crippen molar-refractivity contribution in [2.75, 3.05) is 6.54 Å². The lowest BCUT2D eigenvalue weighted by molar-refractivity contribution is 0.530. The van der Waals surface area contributed by atoms with Crippen LogP contribution in [-0.4, -0.2) is 6.54 Å². The molecule has 0 bridgehead atoms. The SMILES string of the molecule is NCCc1cc(F)ccc1SCc1ccco1. The van der Waals surface area contributed by atoms with Crippen LogP contribution in [0.15, 0.2) is 45.9 Å². The quantitative estimate of drug-likeness (QED) is 0.829. The van der Waals surface area contributed by atoms with Crippen molar-refractivity contribution in [2.24, 2.45) is 5.73 Å². The molecule has 0 aliphatic carbocycles. The number of nitrogens with two attached hydrogens (primary N) is 1. The van der Waals surface area contributed by atoms with Crippen LogP contribution in [0.4, 0.5) is 4.39 Å². The number of furan rings is 1. The van der Waals surface area contributed by atoms with Crippen LogP contribution in [0.1, 0.15) is 11.3 Å². The first-order valence-electron chi connectivity index (χ1n) is 5.43. The molecule has 1 aromatic carbocycles. The van der Waals surface area contributed by atoms with Gasteiger partial charge in [0.15, 0.2) is 0 Å². The maximum Gasteiger partial charge on any atom is 0.123 e. The minimum absolute atomic E-state index is 0.212. The summed E-state index contributed by atoms with van der Waals surface area (Å²) in [5.41, 5.74) is 6.48. The van der Waals surface area contributed by atoms with Gasteiger partial charge in [-0.15, -0.1) is 11.8 Å². The molecule has 0 saturated carbocycles. The Bertz CT molecular complexity index is 470. The number of hydrogen-bond acceptors (Lipinski definition) is 3. The van der Waals surface area contributed by atoms with E-state index in [0.29, 0.717) is 13.0 Å². The Kier molecular flexibility index (Phi) is 4.23. The normalized spacial score (nSPS) is 10.7. The molecule has 0 radical (unpaired) electrons. The summed E-state index contributed by atoms with van der Waals surface area (Å²) in [5, 5.41) is 0. The van der Waals surface area contributed by atoms with Gasteiger partial charge < -0.3 is 10.2 Å². The molecule has 2 rings (SSSR count). The molecule has 0 atom stereocenters. The van der Waals surface area contributed by atoms with Crippen LogP contribution >= 0.6 is 11.8 Å². The summed E-state index contributed by atoms with van der Waals surface area (Å²) in [4.78, 5) is 1.06. The third-order valence-electron chi connectivity index (χ3n) is 2.39. The lowest BCUT2D eigenvalue weighted by atomic mass is 10.1. The van der Waals surface area contributed by atoms with Crippen LogP contribution in [0.5, 0.6) is 0 Å². The molecular formula is C13H14FNOS. The molecule has 0 saturated heterocycles. The Morgan fingerprint density at radius 2 is 2.18 bits per heavy atom. The van der Waals surface area contributed by atoms with Crippen molar-refractivity contribution in [3.63, 3.8) is 0 Å². The Morgan fingerprint density at radius 1 is 1.29 bits per heavy atom. The minimum atomic E-state index is -0.212. The maximum atomic E-state index is 13.1. The molecule has 0 unspecified atom stereocenters. The Labute approximate surface area is 104 Å². The van der Waals surface area contributed by atoms with Crippen LogP contribution in [0, 0.1) is 5.82 Å². The van der Waals surface area contributed by atoms with Gasteiger partial charge in [0.05, 0.1) is 12.0 Å². The molecule has 0 amide bonds. The van der Waals surface area contributed by atoms with Crippen molar-refractivity contribution in [3.05, 3.63) is 53.7 Å². The van der Waals surface area contributed by atoms with E-state index < -0.39 is 0 Å². The van der Waals surface area contributed by atoms with Crippen LogP contribution in [-0.2, 0) is 12.2 Å². The van der Waals surface area contributed by atoms with E-state index in [1.807, 2.05) is 12.1 Å². The first kappa shape index (κ1) is 12.2. The first-order valence-corrected chi connectivity index (χ1v) is 6.42. The fourth-order valence-corrected chi connectivity index (χ4v) is 2.56. The Balaban J connectivity index is 2.08. The average molecular weight is 251 g/mol. The summed E-state index contributed by atoms with van der Waals surface area (Å²) < 4.78 is 18.4. The summed E-state index contributed by atoms with van der Waals surface area (Å²) in [7, 11) is 0. The van der Waals surface area contributed by atoms with Crippen molar-refractivity contribution >= 4 is 11.8 Å². The second kappa shape index (κ2) is 5.89. The number of thioether (sulfide) groups is 1. The molecule has 2 N–H and O–H groups in total. The second-order valence-corrected chi connectivity index (χ2v) is 4.68. The number of hydrogen-bond donors (Lipinski definition) is 1. The van der Waals surface area contributed by atoms with Gasteiger partial charge in [-0.05, 0) is 48.9 Å². The first-order chi connectivity index (χ1) is 8.29. The maximum absolute atomic E-state index is 13.1. The lowest BCUT2D eigenvalue weighted by Gasteiger charge is -2.07. The molecule has 17 heavy (non-hydrogen) atoms. The average Bonchev–Trinajstić information content (AvgIpc) is 2.81. The van der Waals surface area contributed by atoms with Gasteiger partial charge in [-0.25, -0.2) is 4.39 Å². The van der Waals surface area contributed by atoms with E-state index in [-0.39, 0.29) is 5.82 Å². The Morgan fingerprint density at radius 3 is 2.88 bits per heavy atom.